The summed E-state index contributed by atoms with van der Waals surface area (Å²) in [6.07, 6.45) is 0. The van der Waals surface area contributed by atoms with Crippen molar-refractivity contribution in [3.8, 4) is 33.6 Å². The number of aromatic nitrogens is 2. The first-order valence-corrected chi connectivity index (χ1v) is 19.6. The molecule has 4 heteroatoms. The summed E-state index contributed by atoms with van der Waals surface area (Å²) in [6, 6.07) is 68.2. The van der Waals surface area contributed by atoms with Gasteiger partial charge in [0.15, 0.2) is 0 Å². The van der Waals surface area contributed by atoms with Crippen LogP contribution in [0.2, 0.25) is 0 Å². The highest BCUT2D eigenvalue weighted by atomic mass is 15.2. The summed E-state index contributed by atoms with van der Waals surface area (Å²) in [7, 11) is 0. The van der Waals surface area contributed by atoms with Crippen molar-refractivity contribution in [2.24, 2.45) is 0 Å². The number of hydrogen-bond donors (Lipinski definition) is 0. The van der Waals surface area contributed by atoms with Crippen LogP contribution in [-0.4, -0.2) is 15.8 Å². The van der Waals surface area contributed by atoms with Crippen molar-refractivity contribution in [2.75, 3.05) is 4.90 Å². The Balaban J connectivity index is 1.19. The minimum Gasteiger partial charge on any atom is -0.311 e. The maximum atomic E-state index is 2.57. The normalized spacial score (nSPS) is 13.3. The largest absolute Gasteiger partial charge is 0.311 e. The molecule has 1 aliphatic carbocycles. The van der Waals surface area contributed by atoms with E-state index in [-0.39, 0.29) is 6.71 Å². The van der Waals surface area contributed by atoms with Gasteiger partial charge < -0.3 is 14.0 Å². The molecule has 0 bridgehead atoms. The number of fused-ring (bicyclic) bond motifs is 10. The zero-order valence-electron chi connectivity index (χ0n) is 30.2. The Bertz CT molecular complexity index is 3550. The second kappa shape index (κ2) is 10.3. The lowest BCUT2D eigenvalue weighted by Gasteiger charge is -2.40. The molecule has 2 aliphatic heterocycles. The number of rotatable bonds is 2. The topological polar surface area (TPSA) is 13.1 Å². The monoisotopic (exact) mass is 707 g/mol. The zero-order valence-corrected chi connectivity index (χ0v) is 30.2. The highest BCUT2D eigenvalue weighted by Gasteiger charge is 2.42. The van der Waals surface area contributed by atoms with Crippen molar-refractivity contribution >= 4 is 94.5 Å². The average molecular weight is 708 g/mol. The maximum Gasteiger partial charge on any atom is 0.252 e. The molecule has 256 valence electrons. The number of para-hydroxylation sites is 4. The van der Waals surface area contributed by atoms with E-state index in [0.717, 1.165) is 11.4 Å². The molecule has 0 saturated carbocycles. The molecule has 11 aromatic rings. The third-order valence-electron chi connectivity index (χ3n) is 13.0. The second-order valence-electron chi connectivity index (χ2n) is 15.6. The smallest absolute Gasteiger partial charge is 0.252 e. The Morgan fingerprint density at radius 1 is 0.357 bits per heavy atom. The average Bonchev–Trinajstić information content (AvgIpc) is 3.75. The Morgan fingerprint density at radius 2 is 1.00 bits per heavy atom. The van der Waals surface area contributed by atoms with E-state index in [1.807, 2.05) is 0 Å². The third kappa shape index (κ3) is 3.43. The molecular weight excluding hydrogens is 677 g/mol. The fourth-order valence-electron chi connectivity index (χ4n) is 10.9. The van der Waals surface area contributed by atoms with Crippen molar-refractivity contribution in [2.45, 2.75) is 0 Å². The van der Waals surface area contributed by atoms with Gasteiger partial charge in [-0.05, 0) is 97.9 Å². The molecule has 14 rings (SSSR count). The van der Waals surface area contributed by atoms with Gasteiger partial charge in [0.05, 0.1) is 22.2 Å². The molecular formula is C52H30BN3. The van der Waals surface area contributed by atoms with Gasteiger partial charge in [0.1, 0.15) is 0 Å². The van der Waals surface area contributed by atoms with E-state index in [0.29, 0.717) is 0 Å². The minimum absolute atomic E-state index is 0.0871. The van der Waals surface area contributed by atoms with Crippen LogP contribution in [0.25, 0.3) is 88.0 Å². The van der Waals surface area contributed by atoms with Crippen LogP contribution in [-0.2, 0) is 0 Å². The van der Waals surface area contributed by atoms with Gasteiger partial charge in [-0.25, -0.2) is 0 Å². The molecule has 4 heterocycles. The minimum atomic E-state index is 0.0871. The quantitative estimate of drug-likeness (QED) is 0.163. The zero-order chi connectivity index (χ0) is 36.2. The lowest BCUT2D eigenvalue weighted by atomic mass is 9.34. The van der Waals surface area contributed by atoms with Gasteiger partial charge in [0, 0.05) is 49.8 Å². The van der Waals surface area contributed by atoms with Crippen molar-refractivity contribution in [3.63, 3.8) is 0 Å². The van der Waals surface area contributed by atoms with E-state index in [9.17, 15) is 0 Å². The van der Waals surface area contributed by atoms with Crippen LogP contribution >= 0.6 is 0 Å². The van der Waals surface area contributed by atoms with E-state index in [1.54, 1.807) is 0 Å². The Labute approximate surface area is 323 Å². The van der Waals surface area contributed by atoms with E-state index in [2.05, 4.69) is 196 Å². The van der Waals surface area contributed by atoms with Crippen molar-refractivity contribution < 1.29 is 0 Å². The predicted octanol–water partition coefficient (Wildman–Crippen LogP) is 11.3. The molecule has 0 atom stereocenters. The standard InChI is InChI=1S/C52H30BN3/c1-2-14-32(15-3-1)54-43-25-9-7-22-40(43)53-41-23-11-21-39-36-18-6-8-24-42(36)56(52(39)41)47-30-33(29-46(54)51(47)53)55-44-26-12-20-38-35-17-5-4-16-34(35)37-19-10-13-31-27-28-45(55)50(48(31)37)49(38)44/h1-30H. The summed E-state index contributed by atoms with van der Waals surface area (Å²) >= 11 is 0. The van der Waals surface area contributed by atoms with Crippen LogP contribution in [0.3, 0.4) is 0 Å². The summed E-state index contributed by atoms with van der Waals surface area (Å²) in [4.78, 5) is 2.51. The van der Waals surface area contributed by atoms with Crippen LogP contribution in [0.4, 0.5) is 17.1 Å². The van der Waals surface area contributed by atoms with Crippen LogP contribution < -0.4 is 21.3 Å². The molecule has 3 nitrogen and oxygen atoms in total. The molecule has 0 saturated heterocycles. The number of hydrogen-bond acceptors (Lipinski definition) is 1. The van der Waals surface area contributed by atoms with Gasteiger partial charge >= 0.3 is 0 Å². The van der Waals surface area contributed by atoms with Crippen LogP contribution in [0.5, 0.6) is 0 Å². The van der Waals surface area contributed by atoms with E-state index >= 15 is 0 Å². The summed E-state index contributed by atoms with van der Waals surface area (Å²) in [6.45, 7) is 0.0871. The van der Waals surface area contributed by atoms with E-state index < -0.39 is 0 Å². The number of nitrogens with zero attached hydrogens (tertiary/aromatic N) is 3. The molecule has 9 aromatic carbocycles. The molecule has 2 aromatic heterocycles. The highest BCUT2D eigenvalue weighted by molar-refractivity contribution is 7.00. The van der Waals surface area contributed by atoms with Gasteiger partial charge in [-0.3, -0.25) is 0 Å². The number of anilines is 3. The van der Waals surface area contributed by atoms with Crippen molar-refractivity contribution in [3.05, 3.63) is 182 Å². The van der Waals surface area contributed by atoms with Crippen molar-refractivity contribution in [1.82, 2.24) is 9.13 Å². The van der Waals surface area contributed by atoms with Gasteiger partial charge in [0.2, 0.25) is 0 Å². The highest BCUT2D eigenvalue weighted by Crippen LogP contribution is 2.50. The maximum absolute atomic E-state index is 2.57. The van der Waals surface area contributed by atoms with Gasteiger partial charge in [-0.2, -0.15) is 0 Å². The molecule has 0 unspecified atom stereocenters. The van der Waals surface area contributed by atoms with Gasteiger partial charge in [-0.1, -0.05) is 133 Å². The lowest BCUT2D eigenvalue weighted by molar-refractivity contribution is 1.13. The second-order valence-corrected chi connectivity index (χ2v) is 15.6. The van der Waals surface area contributed by atoms with Gasteiger partial charge in [-0.15, -0.1) is 0 Å². The molecule has 0 N–H and O–H groups in total. The third-order valence-corrected chi connectivity index (χ3v) is 13.0. The Morgan fingerprint density at radius 3 is 1.89 bits per heavy atom. The molecule has 0 amide bonds. The lowest BCUT2D eigenvalue weighted by Crippen LogP contribution is -2.60. The van der Waals surface area contributed by atoms with Crippen LogP contribution in [0.15, 0.2) is 182 Å². The molecule has 56 heavy (non-hydrogen) atoms. The molecule has 3 aliphatic rings. The summed E-state index contributed by atoms with van der Waals surface area (Å²) in [5.41, 5.74) is 20.2. The Hall–Kier alpha value is -7.30. The summed E-state index contributed by atoms with van der Waals surface area (Å²) < 4.78 is 5.12. The van der Waals surface area contributed by atoms with E-state index in [4.69, 9.17) is 0 Å². The first-order chi connectivity index (χ1) is 27.8. The molecule has 0 spiro atoms. The fourth-order valence-corrected chi connectivity index (χ4v) is 10.9. The first kappa shape index (κ1) is 29.1. The SMILES string of the molecule is c1ccc(N2c3ccccc3B3c4c2cc(-n2c5cccc6c5c5c7c(cccc7ccc52)-c2ccccc2-6)cc4-n2c4ccccc4c4cccc3c42)cc1. The Kier molecular flexibility index (Phi) is 5.33. The van der Waals surface area contributed by atoms with E-state index in [1.165, 1.54) is 110 Å². The molecule has 0 fully saturated rings. The first-order valence-electron chi connectivity index (χ1n) is 19.6. The van der Waals surface area contributed by atoms with Crippen LogP contribution in [0.1, 0.15) is 0 Å². The fraction of sp³-hybridized carbons (Fsp3) is 0. The van der Waals surface area contributed by atoms with Gasteiger partial charge in [0.25, 0.3) is 6.71 Å². The molecule has 0 radical (unpaired) electrons. The summed E-state index contributed by atoms with van der Waals surface area (Å²) in [5.74, 6) is 0. The van der Waals surface area contributed by atoms with Crippen LogP contribution in [0, 0.1) is 0 Å². The van der Waals surface area contributed by atoms with Crippen molar-refractivity contribution in [1.29, 1.82) is 0 Å². The summed E-state index contributed by atoms with van der Waals surface area (Å²) in [5, 5.41) is 7.84. The number of benzene rings is 9. The predicted molar refractivity (Wildman–Crippen MR) is 236 cm³/mol.